The number of rotatable bonds is 1. The Kier molecular flexibility index (Phi) is 2.80. The van der Waals surface area contributed by atoms with Crippen LogP contribution >= 0.6 is 0 Å². The van der Waals surface area contributed by atoms with Crippen LogP contribution in [0.4, 0.5) is 0 Å². The van der Waals surface area contributed by atoms with Gasteiger partial charge in [0.25, 0.3) is 5.56 Å². The number of aromatic amines is 1. The average Bonchev–Trinajstić information content (AvgIpc) is 2.57. The molecule has 0 fully saturated rings. The minimum Gasteiger partial charge on any atom is -0.284 e. The van der Waals surface area contributed by atoms with E-state index in [0.717, 1.165) is 0 Å². The highest BCUT2D eigenvalue weighted by Gasteiger charge is 2.08. The SMILES string of the molecule is O=c1[nH]c(=O)c2ccccc2n(-c2ccccc2)c1=O. The molecule has 0 spiro atoms. The van der Waals surface area contributed by atoms with E-state index in [2.05, 4.69) is 4.98 Å². The molecule has 0 amide bonds. The summed E-state index contributed by atoms with van der Waals surface area (Å²) in [5.41, 5.74) is -1.36. The van der Waals surface area contributed by atoms with Crippen LogP contribution in [-0.4, -0.2) is 9.55 Å². The van der Waals surface area contributed by atoms with Crippen LogP contribution in [0, 0.1) is 0 Å². The molecule has 0 saturated carbocycles. The minimum absolute atomic E-state index is 0.288. The number of para-hydroxylation sites is 2. The van der Waals surface area contributed by atoms with Crippen molar-refractivity contribution in [1.82, 2.24) is 9.55 Å². The highest BCUT2D eigenvalue weighted by Crippen LogP contribution is 2.11. The van der Waals surface area contributed by atoms with Crippen LogP contribution in [-0.2, 0) is 0 Å². The molecule has 5 nitrogen and oxygen atoms in total. The molecule has 98 valence electrons. The van der Waals surface area contributed by atoms with E-state index in [9.17, 15) is 14.4 Å². The van der Waals surface area contributed by atoms with Crippen LogP contribution in [0.2, 0.25) is 0 Å². The van der Waals surface area contributed by atoms with Gasteiger partial charge in [0, 0.05) is 5.69 Å². The highest BCUT2D eigenvalue weighted by atomic mass is 16.2. The first-order valence-electron chi connectivity index (χ1n) is 6.02. The van der Waals surface area contributed by atoms with Gasteiger partial charge >= 0.3 is 11.1 Å². The normalized spacial score (nSPS) is 10.6. The second-order valence-electron chi connectivity index (χ2n) is 4.28. The van der Waals surface area contributed by atoms with E-state index in [1.807, 2.05) is 6.07 Å². The Morgan fingerprint density at radius 3 is 2.15 bits per heavy atom. The van der Waals surface area contributed by atoms with E-state index in [0.29, 0.717) is 11.2 Å². The summed E-state index contributed by atoms with van der Waals surface area (Å²) in [6.45, 7) is 0. The first-order valence-corrected chi connectivity index (χ1v) is 6.02. The molecule has 3 aromatic rings. The standard InChI is InChI=1S/C15H10N2O3/c18-13-11-8-4-5-9-12(11)17(15(20)14(19)16-13)10-6-2-1-3-7-10/h1-9H,(H,16,18,19). The zero-order chi connectivity index (χ0) is 14.1. The second-order valence-corrected chi connectivity index (χ2v) is 4.28. The Hall–Kier alpha value is -2.95. The Morgan fingerprint density at radius 1 is 0.750 bits per heavy atom. The maximum Gasteiger partial charge on any atom is 0.321 e. The molecule has 1 heterocycles. The smallest absolute Gasteiger partial charge is 0.284 e. The summed E-state index contributed by atoms with van der Waals surface area (Å²) in [4.78, 5) is 38.0. The number of aromatic nitrogens is 2. The number of H-pyrrole nitrogens is 1. The molecule has 0 unspecified atom stereocenters. The number of nitrogens with one attached hydrogen (secondary N) is 1. The van der Waals surface area contributed by atoms with Crippen molar-refractivity contribution in [2.45, 2.75) is 0 Å². The number of benzene rings is 2. The summed E-state index contributed by atoms with van der Waals surface area (Å²) in [7, 11) is 0. The number of fused-ring (bicyclic) bond motifs is 1. The minimum atomic E-state index is -0.935. The molecule has 20 heavy (non-hydrogen) atoms. The molecule has 0 bridgehead atoms. The van der Waals surface area contributed by atoms with E-state index < -0.39 is 16.7 Å². The zero-order valence-corrected chi connectivity index (χ0v) is 10.4. The van der Waals surface area contributed by atoms with Gasteiger partial charge in [-0.3, -0.25) is 23.9 Å². The summed E-state index contributed by atoms with van der Waals surface area (Å²) in [5.74, 6) is 0. The van der Waals surface area contributed by atoms with Crippen molar-refractivity contribution in [3.63, 3.8) is 0 Å². The molecule has 1 aromatic heterocycles. The van der Waals surface area contributed by atoms with E-state index in [1.54, 1.807) is 48.5 Å². The monoisotopic (exact) mass is 266 g/mol. The van der Waals surface area contributed by atoms with Crippen LogP contribution in [0.3, 0.4) is 0 Å². The van der Waals surface area contributed by atoms with Crippen LogP contribution in [0.5, 0.6) is 0 Å². The van der Waals surface area contributed by atoms with Crippen molar-refractivity contribution in [2.75, 3.05) is 0 Å². The Bertz CT molecular complexity index is 956. The first-order chi connectivity index (χ1) is 9.68. The summed E-state index contributed by atoms with van der Waals surface area (Å²) in [6.07, 6.45) is 0. The quantitative estimate of drug-likeness (QED) is 0.669. The molecule has 2 aromatic carbocycles. The van der Waals surface area contributed by atoms with Gasteiger partial charge in [0.1, 0.15) is 0 Å². The lowest BCUT2D eigenvalue weighted by Gasteiger charge is -2.05. The predicted octanol–water partition coefficient (Wildman–Crippen LogP) is 1.04. The highest BCUT2D eigenvalue weighted by molar-refractivity contribution is 5.79. The van der Waals surface area contributed by atoms with Gasteiger partial charge in [-0.1, -0.05) is 30.3 Å². The maximum absolute atomic E-state index is 12.2. The molecular weight excluding hydrogens is 256 g/mol. The molecule has 0 atom stereocenters. The van der Waals surface area contributed by atoms with Gasteiger partial charge in [-0.05, 0) is 24.3 Å². The van der Waals surface area contributed by atoms with Crippen LogP contribution in [0.1, 0.15) is 0 Å². The largest absolute Gasteiger partial charge is 0.321 e. The molecule has 3 rings (SSSR count). The van der Waals surface area contributed by atoms with Crippen molar-refractivity contribution in [1.29, 1.82) is 0 Å². The lowest BCUT2D eigenvalue weighted by molar-refractivity contribution is 1.01. The zero-order valence-electron chi connectivity index (χ0n) is 10.4. The maximum atomic E-state index is 12.2. The number of hydrogen-bond donors (Lipinski definition) is 1. The van der Waals surface area contributed by atoms with E-state index in [4.69, 9.17) is 0 Å². The topological polar surface area (TPSA) is 71.9 Å². The fourth-order valence-electron chi connectivity index (χ4n) is 2.13. The van der Waals surface area contributed by atoms with E-state index in [1.165, 1.54) is 4.57 Å². The molecular formula is C15H10N2O3. The second kappa shape index (κ2) is 4.62. The molecule has 0 radical (unpaired) electrons. The van der Waals surface area contributed by atoms with E-state index >= 15 is 0 Å². The molecule has 0 aliphatic rings. The van der Waals surface area contributed by atoms with Gasteiger partial charge in [-0.15, -0.1) is 0 Å². The van der Waals surface area contributed by atoms with Crippen LogP contribution < -0.4 is 16.7 Å². The van der Waals surface area contributed by atoms with Gasteiger partial charge < -0.3 is 0 Å². The number of hydrogen-bond acceptors (Lipinski definition) is 3. The molecule has 0 aliphatic carbocycles. The van der Waals surface area contributed by atoms with Crippen molar-refractivity contribution in [3.8, 4) is 5.69 Å². The van der Waals surface area contributed by atoms with Crippen LogP contribution in [0.25, 0.3) is 16.6 Å². The summed E-state index contributed by atoms with van der Waals surface area (Å²) >= 11 is 0. The molecule has 1 N–H and O–H groups in total. The van der Waals surface area contributed by atoms with Gasteiger partial charge in [0.2, 0.25) is 0 Å². The predicted molar refractivity (Wildman–Crippen MR) is 76.4 cm³/mol. The molecule has 0 saturated heterocycles. The van der Waals surface area contributed by atoms with Gasteiger partial charge in [-0.25, -0.2) is 0 Å². The van der Waals surface area contributed by atoms with Crippen molar-refractivity contribution in [3.05, 3.63) is 85.7 Å². The summed E-state index contributed by atoms with van der Waals surface area (Å²) < 4.78 is 1.25. The summed E-state index contributed by atoms with van der Waals surface area (Å²) in [6, 6.07) is 15.3. The Balaban J connectivity index is 2.65. The van der Waals surface area contributed by atoms with Gasteiger partial charge in [0.05, 0.1) is 10.9 Å². The molecule has 0 aliphatic heterocycles. The summed E-state index contributed by atoms with van der Waals surface area (Å²) in [5, 5.41) is 0.288. The Morgan fingerprint density at radius 2 is 1.40 bits per heavy atom. The number of nitrogens with zero attached hydrogens (tertiary/aromatic N) is 1. The van der Waals surface area contributed by atoms with Gasteiger partial charge in [0.15, 0.2) is 0 Å². The van der Waals surface area contributed by atoms with Crippen LogP contribution in [0.15, 0.2) is 69.0 Å². The third-order valence-electron chi connectivity index (χ3n) is 3.03. The fourth-order valence-corrected chi connectivity index (χ4v) is 2.13. The third kappa shape index (κ3) is 1.85. The lowest BCUT2D eigenvalue weighted by Crippen LogP contribution is -2.33. The van der Waals surface area contributed by atoms with Gasteiger partial charge in [-0.2, -0.15) is 0 Å². The van der Waals surface area contributed by atoms with E-state index in [-0.39, 0.29) is 5.39 Å². The van der Waals surface area contributed by atoms with Crippen molar-refractivity contribution < 1.29 is 0 Å². The van der Waals surface area contributed by atoms with Crippen molar-refractivity contribution >= 4 is 10.9 Å². The average molecular weight is 266 g/mol. The first kappa shape index (κ1) is 12.1. The lowest BCUT2D eigenvalue weighted by atomic mass is 10.2. The fraction of sp³-hybridized carbons (Fsp3) is 0. The third-order valence-corrected chi connectivity index (χ3v) is 3.03. The molecule has 5 heteroatoms. The Labute approximate surface area is 112 Å². The van der Waals surface area contributed by atoms with Crippen molar-refractivity contribution in [2.24, 2.45) is 0 Å².